The van der Waals surface area contributed by atoms with Crippen molar-refractivity contribution in [1.82, 2.24) is 24.2 Å². The molecule has 40 heavy (non-hydrogen) atoms. The zero-order chi connectivity index (χ0) is 28.3. The summed E-state index contributed by atoms with van der Waals surface area (Å²) in [6, 6.07) is 14.8. The number of halogens is 3. The maximum Gasteiger partial charge on any atom is 0.389 e. The van der Waals surface area contributed by atoms with Crippen molar-refractivity contribution in [2.24, 2.45) is 0 Å². The van der Waals surface area contributed by atoms with E-state index >= 15 is 0 Å². The number of hydrogen-bond donors (Lipinski definition) is 1. The van der Waals surface area contributed by atoms with Crippen LogP contribution in [-0.2, 0) is 9.59 Å². The normalized spacial score (nSPS) is 14.3. The first-order valence-electron chi connectivity index (χ1n) is 12.8. The molecule has 9 nitrogen and oxygen atoms in total. The Hall–Kier alpha value is -4.66. The number of likely N-dealkylation sites (tertiary alicyclic amines) is 1. The number of anilines is 1. The third kappa shape index (κ3) is 6.14. The molecule has 0 spiro atoms. The number of carbonyl (C=O) groups is 2. The van der Waals surface area contributed by atoms with E-state index in [0.717, 1.165) is 35.0 Å². The number of nitriles is 1. The van der Waals surface area contributed by atoms with Gasteiger partial charge in [0.05, 0.1) is 35.8 Å². The highest BCUT2D eigenvalue weighted by atomic mass is 19.4. The van der Waals surface area contributed by atoms with Crippen LogP contribution >= 0.6 is 0 Å². The van der Waals surface area contributed by atoms with Crippen molar-refractivity contribution in [3.8, 4) is 22.9 Å². The number of aromatic nitrogens is 4. The Morgan fingerprint density at radius 1 is 1.10 bits per heavy atom. The quantitative estimate of drug-likeness (QED) is 0.339. The molecule has 12 heteroatoms. The van der Waals surface area contributed by atoms with Crippen LogP contribution in [0.25, 0.3) is 27.8 Å². The third-order valence-electron chi connectivity index (χ3n) is 6.95. The molecule has 2 aromatic carbocycles. The summed E-state index contributed by atoms with van der Waals surface area (Å²) >= 11 is 0. The number of nitrogens with zero attached hydrogens (tertiary/aromatic N) is 6. The van der Waals surface area contributed by atoms with Crippen molar-refractivity contribution < 1.29 is 22.8 Å². The first kappa shape index (κ1) is 26.9. The molecule has 1 N–H and O–H groups in total. The van der Waals surface area contributed by atoms with Crippen LogP contribution in [0.2, 0.25) is 0 Å². The minimum atomic E-state index is -4.38. The molecule has 5 rings (SSSR count). The molecule has 0 aliphatic carbocycles. The van der Waals surface area contributed by atoms with E-state index in [-0.39, 0.29) is 18.4 Å². The van der Waals surface area contributed by atoms with Gasteiger partial charge in [-0.25, -0.2) is 4.98 Å². The summed E-state index contributed by atoms with van der Waals surface area (Å²) in [5, 5.41) is 15.8. The Kier molecular flexibility index (Phi) is 7.55. The zero-order valence-electron chi connectivity index (χ0n) is 21.4. The minimum Gasteiger partial charge on any atom is -0.342 e. The molecule has 4 aromatic rings. The Labute approximate surface area is 227 Å². The molecule has 2 aromatic heterocycles. The fraction of sp³-hybridized carbons (Fsp3) is 0.321. The number of imidazole rings is 1. The van der Waals surface area contributed by atoms with Crippen LogP contribution in [0.3, 0.4) is 0 Å². The van der Waals surface area contributed by atoms with Crippen molar-refractivity contribution >= 4 is 28.5 Å². The Balaban J connectivity index is 1.28. The lowest BCUT2D eigenvalue weighted by molar-refractivity contribution is -0.142. The molecule has 2 amide bonds. The van der Waals surface area contributed by atoms with E-state index in [2.05, 4.69) is 15.4 Å². The lowest BCUT2D eigenvalue weighted by atomic mass is 10.0. The summed E-state index contributed by atoms with van der Waals surface area (Å²) in [4.78, 5) is 30.2. The fourth-order valence-electron chi connectivity index (χ4n) is 4.86. The van der Waals surface area contributed by atoms with Crippen LogP contribution in [0.1, 0.15) is 38.1 Å². The molecular weight excluding hydrogens is 523 g/mol. The summed E-state index contributed by atoms with van der Waals surface area (Å²) in [5.41, 5.74) is 4.55. The first-order valence-corrected chi connectivity index (χ1v) is 12.8. The third-order valence-corrected chi connectivity index (χ3v) is 6.95. The molecular formula is C28H26F3N7O2. The van der Waals surface area contributed by atoms with Crippen LogP contribution in [0.5, 0.6) is 0 Å². The summed E-state index contributed by atoms with van der Waals surface area (Å²) in [6.07, 6.45) is 0.693. The number of fused-ring (bicyclic) bond motifs is 1. The molecule has 0 unspecified atom stereocenters. The van der Waals surface area contributed by atoms with E-state index < -0.39 is 24.9 Å². The summed E-state index contributed by atoms with van der Waals surface area (Å²) in [7, 11) is 0. The van der Waals surface area contributed by atoms with E-state index in [0.29, 0.717) is 24.5 Å². The zero-order valence-corrected chi connectivity index (χ0v) is 21.4. The highest BCUT2D eigenvalue weighted by molar-refractivity contribution is 5.91. The van der Waals surface area contributed by atoms with Crippen molar-refractivity contribution in [3.63, 3.8) is 0 Å². The van der Waals surface area contributed by atoms with E-state index in [1.165, 1.54) is 0 Å². The van der Waals surface area contributed by atoms with Gasteiger partial charge in [0.25, 0.3) is 0 Å². The van der Waals surface area contributed by atoms with Gasteiger partial charge in [0, 0.05) is 42.6 Å². The molecule has 3 heterocycles. The number of piperidine rings is 1. The number of hydrogen-bond acceptors (Lipinski definition) is 5. The molecule has 0 saturated carbocycles. The maximum atomic E-state index is 12.4. The van der Waals surface area contributed by atoms with E-state index in [1.807, 2.05) is 45.8 Å². The lowest BCUT2D eigenvalue weighted by Gasteiger charge is -2.31. The summed E-state index contributed by atoms with van der Waals surface area (Å²) < 4.78 is 41.0. The van der Waals surface area contributed by atoms with Crippen LogP contribution in [-0.4, -0.2) is 55.3 Å². The molecule has 1 aliphatic heterocycles. The standard InChI is InChI=1S/C28H26F3N7O2/c29-28(30,31)10-6-26(39)35-21-2-1-3-23(15-21)37-18-33-24-14-19(4-5-25(24)37)20-16-34-38(17-20)22-8-12-36(13-9-22)27(40)7-11-32/h1-5,14-18,22H,6-10,12-13H2,(H,35,39). The molecule has 1 aliphatic rings. The monoisotopic (exact) mass is 549 g/mol. The van der Waals surface area contributed by atoms with Gasteiger partial charge in [-0.3, -0.25) is 18.8 Å². The molecule has 0 radical (unpaired) electrons. The van der Waals surface area contributed by atoms with E-state index in [9.17, 15) is 22.8 Å². The number of alkyl halides is 3. The fourth-order valence-corrected chi connectivity index (χ4v) is 4.86. The van der Waals surface area contributed by atoms with Crippen molar-refractivity contribution in [3.05, 3.63) is 61.2 Å². The highest BCUT2D eigenvalue weighted by Crippen LogP contribution is 2.29. The molecule has 1 fully saturated rings. The van der Waals surface area contributed by atoms with Gasteiger partial charge in [-0.1, -0.05) is 12.1 Å². The summed E-state index contributed by atoms with van der Waals surface area (Å²) in [5.74, 6) is -0.833. The van der Waals surface area contributed by atoms with Gasteiger partial charge < -0.3 is 10.2 Å². The van der Waals surface area contributed by atoms with Crippen LogP contribution in [0.4, 0.5) is 18.9 Å². The number of amides is 2. The highest BCUT2D eigenvalue weighted by Gasteiger charge is 2.28. The number of rotatable bonds is 7. The number of carbonyl (C=O) groups excluding carboxylic acids is 2. The average molecular weight is 550 g/mol. The van der Waals surface area contributed by atoms with Gasteiger partial charge in [0.15, 0.2) is 0 Å². The van der Waals surface area contributed by atoms with Gasteiger partial charge in [0.1, 0.15) is 12.7 Å². The van der Waals surface area contributed by atoms with Crippen molar-refractivity contribution in [2.45, 2.75) is 44.3 Å². The van der Waals surface area contributed by atoms with Crippen LogP contribution in [0, 0.1) is 11.3 Å². The number of benzene rings is 2. The van der Waals surface area contributed by atoms with Crippen LogP contribution < -0.4 is 5.32 Å². The molecule has 1 saturated heterocycles. The summed E-state index contributed by atoms with van der Waals surface area (Å²) in [6.45, 7) is 1.20. The van der Waals surface area contributed by atoms with Crippen molar-refractivity contribution in [1.29, 1.82) is 5.26 Å². The second kappa shape index (κ2) is 11.2. The molecule has 206 valence electrons. The first-order chi connectivity index (χ1) is 19.2. The van der Waals surface area contributed by atoms with Gasteiger partial charge in [0.2, 0.25) is 11.8 Å². The second-order valence-corrected chi connectivity index (χ2v) is 9.69. The predicted molar refractivity (Wildman–Crippen MR) is 141 cm³/mol. The van der Waals surface area contributed by atoms with Gasteiger partial charge in [-0.05, 0) is 48.7 Å². The topological polar surface area (TPSA) is 109 Å². The van der Waals surface area contributed by atoms with Gasteiger partial charge >= 0.3 is 6.18 Å². The maximum absolute atomic E-state index is 12.4. The Morgan fingerprint density at radius 2 is 1.90 bits per heavy atom. The Morgan fingerprint density at radius 3 is 2.65 bits per heavy atom. The molecule has 0 atom stereocenters. The largest absolute Gasteiger partial charge is 0.389 e. The second-order valence-electron chi connectivity index (χ2n) is 9.69. The van der Waals surface area contributed by atoms with E-state index in [4.69, 9.17) is 5.26 Å². The predicted octanol–water partition coefficient (Wildman–Crippen LogP) is 5.25. The Bertz CT molecular complexity index is 1580. The van der Waals surface area contributed by atoms with Crippen LogP contribution in [0.15, 0.2) is 61.2 Å². The van der Waals surface area contributed by atoms with Gasteiger partial charge in [-0.15, -0.1) is 0 Å². The average Bonchev–Trinajstić information content (AvgIpc) is 3.59. The SMILES string of the molecule is N#CCC(=O)N1CCC(n2cc(-c3ccc4c(c3)ncn4-c3cccc(NC(=O)CCC(F)(F)F)c3)cn2)CC1. The number of nitrogens with one attached hydrogen (secondary N) is 1. The van der Waals surface area contributed by atoms with E-state index in [1.54, 1.807) is 35.6 Å². The van der Waals surface area contributed by atoms with Crippen molar-refractivity contribution in [2.75, 3.05) is 18.4 Å². The molecule has 0 bridgehead atoms. The smallest absolute Gasteiger partial charge is 0.342 e. The lowest BCUT2D eigenvalue weighted by Crippen LogP contribution is -2.38. The minimum absolute atomic E-state index is 0.0951. The van der Waals surface area contributed by atoms with Gasteiger partial charge in [-0.2, -0.15) is 23.5 Å².